The molecule has 0 spiro atoms. The van der Waals surface area contributed by atoms with Gasteiger partial charge >= 0.3 is 0 Å². The second-order valence-corrected chi connectivity index (χ2v) is 7.70. The molecule has 0 amide bonds. The monoisotopic (exact) mass is 331 g/mol. The Hall–Kier alpha value is -0.930. The first-order valence-corrected chi connectivity index (χ1v) is 8.03. The summed E-state index contributed by atoms with van der Waals surface area (Å²) in [4.78, 5) is 0. The lowest BCUT2D eigenvalue weighted by Gasteiger charge is -2.18. The molecule has 2 rings (SSSR count). The Bertz CT molecular complexity index is 623. The van der Waals surface area contributed by atoms with E-state index < -0.39 is 15.3 Å². The predicted molar refractivity (Wildman–Crippen MR) is 69.1 cm³/mol. The van der Waals surface area contributed by atoms with E-state index in [1.165, 1.54) is 6.07 Å². The Morgan fingerprint density at radius 3 is 2.72 bits per heavy atom. The highest BCUT2D eigenvalue weighted by molar-refractivity contribution is 9.10. The van der Waals surface area contributed by atoms with Crippen molar-refractivity contribution in [2.45, 2.75) is 12.8 Å². The number of nitrogens with zero attached hydrogens (tertiary/aromatic N) is 1. The van der Waals surface area contributed by atoms with Crippen LogP contribution in [0.1, 0.15) is 12.0 Å². The van der Waals surface area contributed by atoms with Gasteiger partial charge in [-0.15, -0.1) is 0 Å². The van der Waals surface area contributed by atoms with Gasteiger partial charge in [-0.3, -0.25) is 0 Å². The molecule has 0 aliphatic carbocycles. The number of hydrogen-bond acceptors (Lipinski definition) is 3. The Morgan fingerprint density at radius 1 is 1.50 bits per heavy atom. The van der Waals surface area contributed by atoms with Gasteiger partial charge in [0.05, 0.1) is 27.5 Å². The summed E-state index contributed by atoms with van der Waals surface area (Å²) < 4.78 is 36.4. The van der Waals surface area contributed by atoms with E-state index in [0.717, 1.165) is 5.56 Å². The van der Waals surface area contributed by atoms with Crippen LogP contribution in [0.25, 0.3) is 0 Å². The van der Waals surface area contributed by atoms with Crippen molar-refractivity contribution in [2.24, 2.45) is 5.41 Å². The Labute approximate surface area is 114 Å². The molecule has 0 saturated carbocycles. The molecule has 0 N–H and O–H groups in total. The number of benzene rings is 1. The standard InChI is InChI=1S/C12H11BrFNO2S/c13-10-5-9(1-2-11(10)14)6-12(7-15)3-4-18(16,17)8-12/h1-2,5H,3-4,6,8H2. The van der Waals surface area contributed by atoms with Crippen LogP contribution >= 0.6 is 15.9 Å². The Morgan fingerprint density at radius 2 is 2.22 bits per heavy atom. The second-order valence-electron chi connectivity index (χ2n) is 4.66. The van der Waals surface area contributed by atoms with E-state index in [1.807, 2.05) is 0 Å². The zero-order valence-corrected chi connectivity index (χ0v) is 11.9. The van der Waals surface area contributed by atoms with Gasteiger partial charge in [0, 0.05) is 0 Å². The number of halogens is 2. The third-order valence-corrected chi connectivity index (χ3v) is 5.58. The summed E-state index contributed by atoms with van der Waals surface area (Å²) in [5.74, 6) is -0.419. The van der Waals surface area contributed by atoms with Gasteiger partial charge in [0.25, 0.3) is 0 Å². The summed E-state index contributed by atoms with van der Waals surface area (Å²) in [6.07, 6.45) is 0.683. The smallest absolute Gasteiger partial charge is 0.151 e. The number of nitriles is 1. The van der Waals surface area contributed by atoms with E-state index in [1.54, 1.807) is 12.1 Å². The van der Waals surface area contributed by atoms with Crippen LogP contribution in [0.4, 0.5) is 4.39 Å². The number of rotatable bonds is 2. The van der Waals surface area contributed by atoms with Crippen LogP contribution in [0.5, 0.6) is 0 Å². The van der Waals surface area contributed by atoms with Crippen molar-refractivity contribution in [1.29, 1.82) is 5.26 Å². The first kappa shape index (κ1) is 13.5. The lowest BCUT2D eigenvalue weighted by atomic mass is 9.83. The molecule has 1 atom stereocenters. The van der Waals surface area contributed by atoms with Gasteiger partial charge in [0.15, 0.2) is 9.84 Å². The number of sulfone groups is 1. The normalized spacial score (nSPS) is 25.8. The molecule has 1 aromatic rings. The van der Waals surface area contributed by atoms with Crippen molar-refractivity contribution >= 4 is 25.8 Å². The summed E-state index contributed by atoms with van der Waals surface area (Å²) in [5, 5.41) is 9.23. The lowest BCUT2D eigenvalue weighted by Crippen LogP contribution is -2.23. The van der Waals surface area contributed by atoms with Crippen LogP contribution in [0.15, 0.2) is 22.7 Å². The van der Waals surface area contributed by atoms with E-state index in [-0.39, 0.29) is 17.3 Å². The maximum atomic E-state index is 13.1. The summed E-state index contributed by atoms with van der Waals surface area (Å²) in [5.41, 5.74) is -0.0993. The van der Waals surface area contributed by atoms with E-state index in [4.69, 9.17) is 0 Å². The van der Waals surface area contributed by atoms with Crippen LogP contribution in [-0.2, 0) is 16.3 Å². The minimum absolute atomic E-state index is 0.0585. The zero-order chi connectivity index (χ0) is 13.4. The van der Waals surface area contributed by atoms with Crippen molar-refractivity contribution in [3.05, 3.63) is 34.1 Å². The SMILES string of the molecule is N#CC1(Cc2ccc(F)c(Br)c2)CCS(=O)(=O)C1. The molecule has 1 heterocycles. The van der Waals surface area contributed by atoms with Gasteiger partial charge in [-0.05, 0) is 46.5 Å². The molecule has 0 aromatic heterocycles. The minimum Gasteiger partial charge on any atom is -0.229 e. The largest absolute Gasteiger partial charge is 0.229 e. The fraction of sp³-hybridized carbons (Fsp3) is 0.417. The van der Waals surface area contributed by atoms with Gasteiger partial charge in [-0.25, -0.2) is 12.8 Å². The van der Waals surface area contributed by atoms with E-state index in [2.05, 4.69) is 22.0 Å². The third kappa shape index (κ3) is 2.73. The fourth-order valence-corrected chi connectivity index (χ4v) is 4.65. The molecule has 6 heteroatoms. The van der Waals surface area contributed by atoms with Crippen LogP contribution in [0, 0.1) is 22.6 Å². The zero-order valence-electron chi connectivity index (χ0n) is 9.49. The minimum atomic E-state index is -3.11. The summed E-state index contributed by atoms with van der Waals surface area (Å²) in [6, 6.07) is 6.62. The highest BCUT2D eigenvalue weighted by Crippen LogP contribution is 2.35. The van der Waals surface area contributed by atoms with Gasteiger partial charge in [0.2, 0.25) is 0 Å². The van der Waals surface area contributed by atoms with Crippen LogP contribution < -0.4 is 0 Å². The fourth-order valence-electron chi connectivity index (χ4n) is 2.22. The number of hydrogen-bond donors (Lipinski definition) is 0. The average Bonchev–Trinajstić information content (AvgIpc) is 2.60. The van der Waals surface area contributed by atoms with Crippen LogP contribution in [0.3, 0.4) is 0 Å². The quantitative estimate of drug-likeness (QED) is 0.836. The molecule has 3 nitrogen and oxygen atoms in total. The molecule has 1 aliphatic heterocycles. The molecule has 1 fully saturated rings. The average molecular weight is 332 g/mol. The van der Waals surface area contributed by atoms with Crippen molar-refractivity contribution in [2.75, 3.05) is 11.5 Å². The van der Waals surface area contributed by atoms with Crippen LogP contribution in [-0.4, -0.2) is 19.9 Å². The second kappa shape index (κ2) is 4.63. The van der Waals surface area contributed by atoms with Gasteiger partial charge in [0.1, 0.15) is 5.82 Å². The summed E-state index contributed by atoms with van der Waals surface area (Å²) >= 11 is 3.08. The summed E-state index contributed by atoms with van der Waals surface area (Å²) in [6.45, 7) is 0. The van der Waals surface area contributed by atoms with Gasteiger partial charge < -0.3 is 0 Å². The molecule has 1 saturated heterocycles. The molecule has 1 aromatic carbocycles. The van der Waals surface area contributed by atoms with E-state index >= 15 is 0 Å². The Balaban J connectivity index is 2.27. The molecule has 0 radical (unpaired) electrons. The maximum Gasteiger partial charge on any atom is 0.151 e. The predicted octanol–water partition coefficient (Wildman–Crippen LogP) is 2.46. The Kier molecular flexibility index (Phi) is 3.47. The molecular formula is C12H11BrFNO2S. The van der Waals surface area contributed by atoms with Crippen molar-refractivity contribution in [3.63, 3.8) is 0 Å². The van der Waals surface area contributed by atoms with Gasteiger partial charge in [-0.2, -0.15) is 5.26 Å². The van der Waals surface area contributed by atoms with E-state index in [0.29, 0.717) is 17.3 Å². The molecule has 18 heavy (non-hydrogen) atoms. The molecule has 1 aliphatic rings. The maximum absolute atomic E-state index is 13.1. The van der Waals surface area contributed by atoms with Crippen molar-refractivity contribution < 1.29 is 12.8 Å². The first-order chi connectivity index (χ1) is 8.36. The van der Waals surface area contributed by atoms with Crippen LogP contribution in [0.2, 0.25) is 0 Å². The molecule has 0 bridgehead atoms. The molecular weight excluding hydrogens is 321 g/mol. The topological polar surface area (TPSA) is 57.9 Å². The highest BCUT2D eigenvalue weighted by Gasteiger charge is 2.42. The summed E-state index contributed by atoms with van der Waals surface area (Å²) in [7, 11) is -3.11. The third-order valence-electron chi connectivity index (χ3n) is 3.15. The lowest BCUT2D eigenvalue weighted by molar-refractivity contribution is 0.450. The molecule has 1 unspecified atom stereocenters. The van der Waals surface area contributed by atoms with Crippen molar-refractivity contribution in [3.8, 4) is 6.07 Å². The first-order valence-electron chi connectivity index (χ1n) is 5.41. The van der Waals surface area contributed by atoms with Crippen molar-refractivity contribution in [1.82, 2.24) is 0 Å². The van der Waals surface area contributed by atoms with E-state index in [9.17, 15) is 18.1 Å². The van der Waals surface area contributed by atoms with Gasteiger partial charge in [-0.1, -0.05) is 6.07 Å². The highest BCUT2D eigenvalue weighted by atomic mass is 79.9. The molecule has 96 valence electrons.